The zero-order valence-corrected chi connectivity index (χ0v) is 21.6. The van der Waals surface area contributed by atoms with Crippen molar-refractivity contribution < 1.29 is 22.3 Å². The van der Waals surface area contributed by atoms with Gasteiger partial charge in [-0.1, -0.05) is 86.6 Å². The summed E-state index contributed by atoms with van der Waals surface area (Å²) in [6.45, 7) is 3.83. The summed E-state index contributed by atoms with van der Waals surface area (Å²) < 4.78 is 42.3. The van der Waals surface area contributed by atoms with Gasteiger partial charge in [0, 0.05) is 17.4 Å². The summed E-state index contributed by atoms with van der Waals surface area (Å²) in [5.41, 5.74) is 3.32. The summed E-state index contributed by atoms with van der Waals surface area (Å²) >= 11 is 0.297. The molecule has 3 aromatic rings. The van der Waals surface area contributed by atoms with Crippen molar-refractivity contribution in [2.24, 2.45) is 16.7 Å². The number of carbonyl (C=O) groups is 1. The Kier molecular flexibility index (Phi) is 7.25. The van der Waals surface area contributed by atoms with E-state index >= 15 is 0 Å². The monoisotopic (exact) mass is 510 g/mol. The average molecular weight is 511 g/mol. The van der Waals surface area contributed by atoms with Crippen LogP contribution in [0, 0.1) is 16.7 Å². The van der Waals surface area contributed by atoms with Crippen molar-refractivity contribution in [2.75, 3.05) is 5.75 Å². The molecule has 5 rings (SSSR count). The fourth-order valence-corrected chi connectivity index (χ4v) is 7.58. The van der Waals surface area contributed by atoms with Crippen LogP contribution in [0.25, 0.3) is 22.3 Å². The first-order chi connectivity index (χ1) is 16.6. The molecule has 0 amide bonds. The molecule has 2 unspecified atom stereocenters. The summed E-state index contributed by atoms with van der Waals surface area (Å²) in [5.74, 6) is -0.280. The zero-order chi connectivity index (χ0) is 25.3. The quantitative estimate of drug-likeness (QED) is 0.274. The molecule has 1 N–H and O–H groups in total. The highest BCUT2D eigenvalue weighted by molar-refractivity contribution is 7.85. The predicted molar refractivity (Wildman–Crippen MR) is 140 cm³/mol. The van der Waals surface area contributed by atoms with Crippen LogP contribution in [-0.4, -0.2) is 29.1 Å². The third-order valence-corrected chi connectivity index (χ3v) is 9.29. The van der Waals surface area contributed by atoms with Crippen molar-refractivity contribution >= 4 is 27.9 Å². The molecule has 2 bridgehead atoms. The van der Waals surface area contributed by atoms with Crippen LogP contribution < -0.4 is 0 Å². The van der Waals surface area contributed by atoms with Crippen LogP contribution in [0.4, 0.5) is 0 Å². The van der Waals surface area contributed by atoms with Gasteiger partial charge in [0.05, 0.1) is 15.9 Å². The van der Waals surface area contributed by atoms with Gasteiger partial charge in [0.25, 0.3) is 0 Å². The van der Waals surface area contributed by atoms with E-state index in [0.717, 1.165) is 33.6 Å². The SMILES string of the molecule is CC1(C)C2CCC1(CS(=O)(=O)[O-])C(=O)C2.O[SH+]c1cccc(-c2ccccc2)c1-c1ccccc1. The van der Waals surface area contributed by atoms with Gasteiger partial charge in [-0.05, 0) is 46.9 Å². The summed E-state index contributed by atoms with van der Waals surface area (Å²) in [5, 5.41) is 0. The normalized spacial score (nSPS) is 22.5. The van der Waals surface area contributed by atoms with Crippen LogP contribution in [0.1, 0.15) is 33.1 Å². The Hall–Kier alpha value is -2.45. The molecular formula is C28H30O5S2. The van der Waals surface area contributed by atoms with E-state index in [4.69, 9.17) is 0 Å². The Balaban J connectivity index is 0.000000172. The lowest BCUT2D eigenvalue weighted by Crippen LogP contribution is -2.42. The Bertz CT molecular complexity index is 1300. The van der Waals surface area contributed by atoms with Gasteiger partial charge in [0.15, 0.2) is 16.9 Å². The minimum Gasteiger partial charge on any atom is -0.748 e. The minimum absolute atomic E-state index is 0.0248. The molecule has 0 radical (unpaired) electrons. The third kappa shape index (κ3) is 4.96. The fraction of sp³-hybridized carbons (Fsp3) is 0.321. The Morgan fingerprint density at radius 2 is 1.54 bits per heavy atom. The average Bonchev–Trinajstić information content (AvgIpc) is 3.18. The molecule has 2 atom stereocenters. The molecule has 7 heteroatoms. The van der Waals surface area contributed by atoms with E-state index in [1.54, 1.807) is 0 Å². The number of hydrogen-bond donors (Lipinski definition) is 1. The van der Waals surface area contributed by atoms with Crippen molar-refractivity contribution in [1.82, 2.24) is 0 Å². The van der Waals surface area contributed by atoms with E-state index < -0.39 is 21.3 Å². The highest BCUT2D eigenvalue weighted by atomic mass is 32.2. The number of fused-ring (bicyclic) bond motifs is 2. The molecule has 0 spiro atoms. The number of rotatable bonds is 5. The molecule has 35 heavy (non-hydrogen) atoms. The predicted octanol–water partition coefficient (Wildman–Crippen LogP) is 5.59. The standard InChI is InChI=1S/C18H14OS.C10H16O4S/c19-20-17-13-7-12-16(14-8-3-1-4-9-14)18(17)15-10-5-2-6-11-15;1-9(2)7-3-4-10(9,8(11)5-7)6-15(12,13)14/h1-13,19H;7H,3-6H2,1-2H3,(H,12,13,14). The van der Waals surface area contributed by atoms with E-state index in [9.17, 15) is 22.3 Å². The molecule has 0 saturated heterocycles. The smallest absolute Gasteiger partial charge is 0.195 e. The molecule has 5 nitrogen and oxygen atoms in total. The van der Waals surface area contributed by atoms with E-state index in [1.807, 2.05) is 62.4 Å². The number of benzene rings is 3. The number of carbonyl (C=O) groups excluding carboxylic acids is 1. The van der Waals surface area contributed by atoms with Gasteiger partial charge in [0.2, 0.25) is 0 Å². The van der Waals surface area contributed by atoms with Crippen LogP contribution in [0.3, 0.4) is 0 Å². The first-order valence-corrected chi connectivity index (χ1v) is 14.1. The van der Waals surface area contributed by atoms with Crippen LogP contribution >= 0.6 is 0 Å². The number of Topliss-reactive ketones (excluding diaryl/α,β-unsaturated/α-hetero) is 1. The van der Waals surface area contributed by atoms with E-state index in [2.05, 4.69) is 30.3 Å². The molecule has 2 saturated carbocycles. The van der Waals surface area contributed by atoms with Crippen LogP contribution in [0.5, 0.6) is 0 Å². The van der Waals surface area contributed by atoms with Crippen molar-refractivity contribution in [3.05, 3.63) is 78.9 Å². The van der Waals surface area contributed by atoms with Crippen LogP contribution in [0.15, 0.2) is 83.8 Å². The largest absolute Gasteiger partial charge is 0.748 e. The van der Waals surface area contributed by atoms with Crippen molar-refractivity contribution in [3.8, 4) is 22.3 Å². The molecular weight excluding hydrogens is 480 g/mol. The van der Waals surface area contributed by atoms with Crippen LogP contribution in [0.2, 0.25) is 0 Å². The molecule has 2 aliphatic rings. The molecule has 0 heterocycles. The molecule has 2 aliphatic carbocycles. The number of ketones is 1. The maximum atomic E-state index is 11.8. The second-order valence-corrected chi connectivity index (χ2v) is 12.0. The minimum atomic E-state index is -4.33. The lowest BCUT2D eigenvalue weighted by atomic mass is 9.70. The molecule has 2 fully saturated rings. The molecule has 3 aromatic carbocycles. The van der Waals surface area contributed by atoms with E-state index in [0.29, 0.717) is 24.9 Å². The van der Waals surface area contributed by atoms with Gasteiger partial charge in [0.1, 0.15) is 5.78 Å². The van der Waals surface area contributed by atoms with Gasteiger partial charge < -0.3 is 4.55 Å². The number of thiol groups is 1. The van der Waals surface area contributed by atoms with Gasteiger partial charge in [-0.25, -0.2) is 8.42 Å². The molecule has 0 aromatic heterocycles. The third-order valence-electron chi connectivity index (χ3n) is 7.86. The highest BCUT2D eigenvalue weighted by Gasteiger charge is 2.64. The Morgan fingerprint density at radius 3 is 2.03 bits per heavy atom. The topological polar surface area (TPSA) is 94.5 Å². The van der Waals surface area contributed by atoms with Crippen molar-refractivity contribution in [2.45, 2.75) is 38.0 Å². The maximum Gasteiger partial charge on any atom is 0.195 e. The molecule has 0 aliphatic heterocycles. The summed E-state index contributed by atoms with van der Waals surface area (Å²) in [6.07, 6.45) is 1.88. The van der Waals surface area contributed by atoms with Crippen LogP contribution in [-0.2, 0) is 27.0 Å². The lowest BCUT2D eigenvalue weighted by molar-refractivity contribution is -0.128. The zero-order valence-electron chi connectivity index (χ0n) is 19.8. The summed E-state index contributed by atoms with van der Waals surface area (Å²) in [7, 11) is -4.33. The van der Waals surface area contributed by atoms with Crippen molar-refractivity contribution in [1.29, 1.82) is 0 Å². The van der Waals surface area contributed by atoms with Gasteiger partial charge >= 0.3 is 0 Å². The van der Waals surface area contributed by atoms with E-state index in [1.165, 1.54) is 0 Å². The van der Waals surface area contributed by atoms with Crippen molar-refractivity contribution in [3.63, 3.8) is 0 Å². The maximum absolute atomic E-state index is 11.8. The lowest BCUT2D eigenvalue weighted by Gasteiger charge is -2.37. The fourth-order valence-electron chi connectivity index (χ4n) is 5.80. The first-order valence-electron chi connectivity index (χ1n) is 11.6. The highest BCUT2D eigenvalue weighted by Crippen LogP contribution is 2.64. The van der Waals surface area contributed by atoms with E-state index in [-0.39, 0.29) is 17.1 Å². The summed E-state index contributed by atoms with van der Waals surface area (Å²) in [4.78, 5) is 12.8. The summed E-state index contributed by atoms with van der Waals surface area (Å²) in [6, 6.07) is 26.6. The van der Waals surface area contributed by atoms with Gasteiger partial charge in [-0.2, -0.15) is 4.55 Å². The van der Waals surface area contributed by atoms with Gasteiger partial charge in [-0.3, -0.25) is 4.79 Å². The second kappa shape index (κ2) is 9.90. The number of hydrogen-bond acceptors (Lipinski definition) is 5. The Morgan fingerprint density at radius 1 is 0.943 bits per heavy atom. The Labute approximate surface area is 211 Å². The first kappa shape index (κ1) is 25.6. The second-order valence-electron chi connectivity index (χ2n) is 9.90. The van der Waals surface area contributed by atoms with Gasteiger partial charge in [-0.15, -0.1) is 0 Å². The molecule has 184 valence electrons.